The van der Waals surface area contributed by atoms with E-state index in [1.807, 2.05) is 6.92 Å². The zero-order valence-corrected chi connectivity index (χ0v) is 10.3. The number of rotatable bonds is 8. The van der Waals surface area contributed by atoms with Crippen molar-refractivity contribution in [1.29, 1.82) is 0 Å². The molecular weight excluding hydrogens is 243 g/mol. The van der Waals surface area contributed by atoms with Crippen molar-refractivity contribution in [2.24, 2.45) is 0 Å². The molecule has 0 aliphatic heterocycles. The topological polar surface area (TPSA) is 21.3 Å². The van der Waals surface area contributed by atoms with Crippen molar-refractivity contribution in [2.75, 3.05) is 19.7 Å². The fourth-order valence-electron chi connectivity index (χ4n) is 1.59. The van der Waals surface area contributed by atoms with Crippen LogP contribution in [0.5, 0.6) is 0 Å². The van der Waals surface area contributed by atoms with E-state index in [0.29, 0.717) is 12.1 Å². The highest BCUT2D eigenvalue weighted by atomic mass is 19.3. The zero-order valence-electron chi connectivity index (χ0n) is 10.3. The lowest BCUT2D eigenvalue weighted by molar-refractivity contribution is -0.0257. The Morgan fingerprint density at radius 3 is 2.61 bits per heavy atom. The van der Waals surface area contributed by atoms with Gasteiger partial charge in [0.05, 0.1) is 6.10 Å². The Balaban J connectivity index is 2.66. The third-order valence-corrected chi connectivity index (χ3v) is 2.43. The Labute approximate surface area is 105 Å². The molecule has 0 saturated carbocycles. The molecule has 0 aromatic heterocycles. The molecule has 0 heterocycles. The molecule has 0 fully saturated rings. The molecule has 0 aliphatic carbocycles. The van der Waals surface area contributed by atoms with Crippen LogP contribution in [0.2, 0.25) is 0 Å². The number of alkyl halides is 2. The molecule has 1 aromatic rings. The Bertz CT molecular complexity index is 347. The highest BCUT2D eigenvalue weighted by Gasteiger charge is 2.17. The summed E-state index contributed by atoms with van der Waals surface area (Å²) in [6.07, 6.45) is -2.32. The SMILES string of the molecule is CCCNCC(OCC(F)F)c1ccccc1F. The maximum Gasteiger partial charge on any atom is 0.261 e. The van der Waals surface area contributed by atoms with Crippen molar-refractivity contribution in [3.05, 3.63) is 35.6 Å². The lowest BCUT2D eigenvalue weighted by Crippen LogP contribution is -2.26. The number of benzene rings is 1. The quantitative estimate of drug-likeness (QED) is 0.726. The average molecular weight is 261 g/mol. The van der Waals surface area contributed by atoms with Gasteiger partial charge in [-0.2, -0.15) is 0 Å². The van der Waals surface area contributed by atoms with E-state index in [-0.39, 0.29) is 0 Å². The van der Waals surface area contributed by atoms with Gasteiger partial charge >= 0.3 is 0 Å². The van der Waals surface area contributed by atoms with Gasteiger partial charge in [0, 0.05) is 12.1 Å². The fourth-order valence-corrected chi connectivity index (χ4v) is 1.59. The summed E-state index contributed by atoms with van der Waals surface area (Å²) < 4.78 is 43.0. The molecule has 0 aliphatic rings. The largest absolute Gasteiger partial charge is 0.366 e. The minimum Gasteiger partial charge on any atom is -0.366 e. The van der Waals surface area contributed by atoms with E-state index in [2.05, 4.69) is 5.32 Å². The van der Waals surface area contributed by atoms with E-state index >= 15 is 0 Å². The lowest BCUT2D eigenvalue weighted by Gasteiger charge is -2.19. The first-order valence-electron chi connectivity index (χ1n) is 6.00. The summed E-state index contributed by atoms with van der Waals surface area (Å²) in [4.78, 5) is 0. The van der Waals surface area contributed by atoms with E-state index in [9.17, 15) is 13.2 Å². The summed E-state index contributed by atoms with van der Waals surface area (Å²) in [6.45, 7) is 2.36. The van der Waals surface area contributed by atoms with Crippen molar-refractivity contribution >= 4 is 0 Å². The predicted octanol–water partition coefficient (Wildman–Crippen LogP) is 3.15. The van der Waals surface area contributed by atoms with Crippen LogP contribution in [0.1, 0.15) is 25.0 Å². The van der Waals surface area contributed by atoms with Crippen LogP contribution in [0.15, 0.2) is 24.3 Å². The molecule has 1 aromatic carbocycles. The van der Waals surface area contributed by atoms with Gasteiger partial charge in [0.25, 0.3) is 6.43 Å². The van der Waals surface area contributed by atoms with E-state index in [1.54, 1.807) is 18.2 Å². The van der Waals surface area contributed by atoms with Gasteiger partial charge in [-0.05, 0) is 19.0 Å². The number of hydrogen-bond acceptors (Lipinski definition) is 2. The van der Waals surface area contributed by atoms with Gasteiger partial charge in [0.15, 0.2) is 0 Å². The van der Waals surface area contributed by atoms with Crippen molar-refractivity contribution in [3.8, 4) is 0 Å². The summed E-state index contributed by atoms with van der Waals surface area (Å²) in [6, 6.07) is 6.08. The highest BCUT2D eigenvalue weighted by molar-refractivity contribution is 5.20. The highest BCUT2D eigenvalue weighted by Crippen LogP contribution is 2.20. The Morgan fingerprint density at radius 2 is 2.00 bits per heavy atom. The zero-order chi connectivity index (χ0) is 13.4. The summed E-state index contributed by atoms with van der Waals surface area (Å²) in [5, 5.41) is 3.05. The van der Waals surface area contributed by atoms with E-state index in [4.69, 9.17) is 4.74 Å². The second-order valence-corrected chi connectivity index (χ2v) is 3.94. The Morgan fingerprint density at radius 1 is 1.28 bits per heavy atom. The third-order valence-electron chi connectivity index (χ3n) is 2.43. The molecule has 0 spiro atoms. The van der Waals surface area contributed by atoms with Crippen molar-refractivity contribution < 1.29 is 17.9 Å². The second-order valence-electron chi connectivity index (χ2n) is 3.94. The first-order chi connectivity index (χ1) is 8.65. The van der Waals surface area contributed by atoms with Gasteiger partial charge in [-0.3, -0.25) is 0 Å². The Hall–Kier alpha value is -1.07. The molecular formula is C13H18F3NO. The van der Waals surface area contributed by atoms with Crippen LogP contribution in [0, 0.1) is 5.82 Å². The van der Waals surface area contributed by atoms with E-state index in [0.717, 1.165) is 13.0 Å². The monoisotopic (exact) mass is 261 g/mol. The number of nitrogens with one attached hydrogen (secondary N) is 1. The maximum atomic E-state index is 13.6. The van der Waals surface area contributed by atoms with Crippen LogP contribution in [0.4, 0.5) is 13.2 Å². The smallest absolute Gasteiger partial charge is 0.261 e. The van der Waals surface area contributed by atoms with Crippen LogP contribution < -0.4 is 5.32 Å². The lowest BCUT2D eigenvalue weighted by atomic mass is 10.1. The molecule has 18 heavy (non-hydrogen) atoms. The summed E-state index contributed by atoms with van der Waals surface area (Å²) in [5.41, 5.74) is 0.307. The van der Waals surface area contributed by atoms with E-state index < -0.39 is 25.0 Å². The minimum atomic E-state index is -2.55. The standard InChI is InChI=1S/C13H18F3NO/c1-2-7-17-8-12(18-9-13(15)16)10-5-3-4-6-11(10)14/h3-6,12-13,17H,2,7-9H2,1H3. The van der Waals surface area contributed by atoms with Crippen LogP contribution in [0.25, 0.3) is 0 Å². The van der Waals surface area contributed by atoms with Crippen molar-refractivity contribution in [3.63, 3.8) is 0 Å². The van der Waals surface area contributed by atoms with Gasteiger partial charge < -0.3 is 10.1 Å². The van der Waals surface area contributed by atoms with E-state index in [1.165, 1.54) is 6.07 Å². The molecule has 0 bridgehead atoms. The van der Waals surface area contributed by atoms with Gasteiger partial charge in [0.2, 0.25) is 0 Å². The molecule has 102 valence electrons. The molecule has 0 saturated heterocycles. The minimum absolute atomic E-state index is 0.307. The molecule has 1 atom stereocenters. The molecule has 0 radical (unpaired) electrons. The van der Waals surface area contributed by atoms with Crippen LogP contribution in [-0.2, 0) is 4.74 Å². The Kier molecular flexibility index (Phi) is 6.75. The maximum absolute atomic E-state index is 13.6. The molecule has 5 heteroatoms. The van der Waals surface area contributed by atoms with Crippen LogP contribution >= 0.6 is 0 Å². The van der Waals surface area contributed by atoms with Gasteiger partial charge in [0.1, 0.15) is 12.4 Å². The normalized spacial score (nSPS) is 12.9. The molecule has 1 unspecified atom stereocenters. The number of hydrogen-bond donors (Lipinski definition) is 1. The van der Waals surface area contributed by atoms with Gasteiger partial charge in [-0.1, -0.05) is 25.1 Å². The first-order valence-corrected chi connectivity index (χ1v) is 6.00. The van der Waals surface area contributed by atoms with Crippen molar-refractivity contribution in [1.82, 2.24) is 5.32 Å². The second kappa shape index (κ2) is 8.11. The summed E-state index contributed by atoms with van der Waals surface area (Å²) >= 11 is 0. The average Bonchev–Trinajstić information content (AvgIpc) is 2.34. The summed E-state index contributed by atoms with van der Waals surface area (Å²) in [5.74, 6) is -0.435. The number of ether oxygens (including phenoxy) is 1. The van der Waals surface area contributed by atoms with Gasteiger partial charge in [-0.15, -0.1) is 0 Å². The van der Waals surface area contributed by atoms with Crippen LogP contribution in [-0.4, -0.2) is 26.1 Å². The molecule has 1 N–H and O–H groups in total. The summed E-state index contributed by atoms with van der Waals surface area (Å²) in [7, 11) is 0. The van der Waals surface area contributed by atoms with Crippen molar-refractivity contribution in [2.45, 2.75) is 25.9 Å². The van der Waals surface area contributed by atoms with Gasteiger partial charge in [-0.25, -0.2) is 13.2 Å². The fraction of sp³-hybridized carbons (Fsp3) is 0.538. The first kappa shape index (κ1) is 15.0. The predicted molar refractivity (Wildman–Crippen MR) is 64.3 cm³/mol. The molecule has 1 rings (SSSR count). The third kappa shape index (κ3) is 5.06. The molecule has 2 nitrogen and oxygen atoms in total. The van der Waals surface area contributed by atoms with Crippen LogP contribution in [0.3, 0.4) is 0 Å². The molecule has 0 amide bonds. The number of halogens is 3.